The molecule has 0 bridgehead atoms. The highest BCUT2D eigenvalue weighted by molar-refractivity contribution is 7.86. The lowest BCUT2D eigenvalue weighted by Crippen LogP contribution is -2.48. The number of carbonyl (C=O) groups is 4. The second kappa shape index (κ2) is 14.4. The van der Waals surface area contributed by atoms with Crippen LogP contribution in [0.5, 0.6) is 0 Å². The fourth-order valence-electron chi connectivity index (χ4n) is 3.31. The Morgan fingerprint density at radius 3 is 1.49 bits per heavy atom. The minimum absolute atomic E-state index is 0.0150. The van der Waals surface area contributed by atoms with Gasteiger partial charge < -0.3 is 14.2 Å². The van der Waals surface area contributed by atoms with E-state index in [-0.39, 0.29) is 23.0 Å². The number of aldehydes is 1. The lowest BCUT2D eigenvalue weighted by Gasteiger charge is -2.29. The molecule has 0 aliphatic carbocycles. The molecule has 14 heteroatoms. The van der Waals surface area contributed by atoms with Crippen LogP contribution in [0.4, 0.5) is 0 Å². The van der Waals surface area contributed by atoms with Crippen LogP contribution in [0.15, 0.2) is 72.8 Å². The molecular formula is C27H21Cl3O10S. The van der Waals surface area contributed by atoms with E-state index in [1.165, 1.54) is 72.8 Å². The van der Waals surface area contributed by atoms with E-state index in [0.29, 0.717) is 21.3 Å². The molecule has 0 unspecified atom stereocenters. The first kappa shape index (κ1) is 32.0. The zero-order valence-corrected chi connectivity index (χ0v) is 24.2. The Morgan fingerprint density at radius 1 is 0.707 bits per heavy atom. The second-order valence-electron chi connectivity index (χ2n) is 8.33. The van der Waals surface area contributed by atoms with Crippen molar-refractivity contribution in [1.29, 1.82) is 0 Å². The van der Waals surface area contributed by atoms with E-state index in [1.54, 1.807) is 0 Å². The summed E-state index contributed by atoms with van der Waals surface area (Å²) in [4.78, 5) is 50.5. The summed E-state index contributed by atoms with van der Waals surface area (Å²) in [7, 11) is -4.31. The van der Waals surface area contributed by atoms with Crippen LogP contribution in [0.25, 0.3) is 0 Å². The molecule has 0 aliphatic heterocycles. The zero-order valence-electron chi connectivity index (χ0n) is 21.1. The fourth-order valence-corrected chi connectivity index (χ4v) is 4.30. The lowest BCUT2D eigenvalue weighted by atomic mass is 10.1. The number of hydrogen-bond donors (Lipinski definition) is 0. The first-order valence-electron chi connectivity index (χ1n) is 11.6. The first-order chi connectivity index (χ1) is 19.4. The van der Waals surface area contributed by atoms with Gasteiger partial charge in [0.05, 0.1) is 22.9 Å². The summed E-state index contributed by atoms with van der Waals surface area (Å²) < 4.78 is 45.2. The predicted octanol–water partition coefficient (Wildman–Crippen LogP) is 4.80. The third-order valence-corrected chi connectivity index (χ3v) is 6.58. The van der Waals surface area contributed by atoms with E-state index in [1.807, 2.05) is 0 Å². The van der Waals surface area contributed by atoms with Gasteiger partial charge in [-0.15, -0.1) is 0 Å². The van der Waals surface area contributed by atoms with Crippen LogP contribution in [0.2, 0.25) is 15.1 Å². The molecule has 216 valence electrons. The molecule has 3 aromatic rings. The standard InChI is InChI=1S/C27H21Cl3O10S/c1-41(35,36)40-23(15-37-25(32)16-2-8-19(28)9-3-16)24(39-27(34)18-6-12-21(30)13-7-18)22(14-31)38-26(33)17-4-10-20(29)11-5-17/h2-14,22-24H,15H2,1H3/t22-,23+,24+/m0/s1. The van der Waals surface area contributed by atoms with Crippen LogP contribution in [0, 0.1) is 0 Å². The van der Waals surface area contributed by atoms with Crippen molar-refractivity contribution >= 4 is 69.1 Å². The summed E-state index contributed by atoms with van der Waals surface area (Å²) in [6.07, 6.45) is -4.83. The highest BCUT2D eigenvalue weighted by Gasteiger charge is 2.40. The zero-order chi connectivity index (χ0) is 30.2. The van der Waals surface area contributed by atoms with Crippen molar-refractivity contribution in [1.82, 2.24) is 0 Å². The average molecular weight is 644 g/mol. The number of carbonyl (C=O) groups excluding carboxylic acids is 4. The van der Waals surface area contributed by atoms with Crippen molar-refractivity contribution in [3.05, 3.63) is 105 Å². The van der Waals surface area contributed by atoms with Crippen molar-refractivity contribution in [3.63, 3.8) is 0 Å². The average Bonchev–Trinajstić information content (AvgIpc) is 2.93. The fraction of sp³-hybridized carbons (Fsp3) is 0.185. The third kappa shape index (κ3) is 9.83. The van der Waals surface area contributed by atoms with Gasteiger partial charge in [-0.1, -0.05) is 34.8 Å². The van der Waals surface area contributed by atoms with Gasteiger partial charge in [-0.25, -0.2) is 14.4 Å². The number of hydrogen-bond acceptors (Lipinski definition) is 10. The van der Waals surface area contributed by atoms with Gasteiger partial charge in [0.25, 0.3) is 10.1 Å². The van der Waals surface area contributed by atoms with E-state index >= 15 is 0 Å². The van der Waals surface area contributed by atoms with E-state index in [0.717, 1.165) is 0 Å². The van der Waals surface area contributed by atoms with E-state index in [2.05, 4.69) is 0 Å². The first-order valence-corrected chi connectivity index (χ1v) is 14.5. The summed E-state index contributed by atoms with van der Waals surface area (Å²) in [6, 6.07) is 16.4. The topological polar surface area (TPSA) is 139 Å². The molecule has 0 saturated carbocycles. The van der Waals surface area contributed by atoms with E-state index < -0.39 is 52.9 Å². The molecule has 0 aliphatic rings. The minimum atomic E-state index is -4.31. The molecule has 0 aromatic heterocycles. The molecule has 3 rings (SSSR count). The molecule has 0 spiro atoms. The summed E-state index contributed by atoms with van der Waals surface area (Å²) >= 11 is 17.5. The van der Waals surface area contributed by atoms with Gasteiger partial charge in [-0.05, 0) is 72.8 Å². The maximum Gasteiger partial charge on any atom is 0.338 e. The summed E-state index contributed by atoms with van der Waals surface area (Å²) in [5, 5.41) is 0.992. The highest BCUT2D eigenvalue weighted by atomic mass is 35.5. The Hall–Kier alpha value is -3.48. The van der Waals surface area contributed by atoms with Gasteiger partial charge in [-0.2, -0.15) is 8.42 Å². The number of halogens is 3. The van der Waals surface area contributed by atoms with E-state index in [4.69, 9.17) is 53.2 Å². The normalized spacial score (nSPS) is 13.4. The molecule has 0 N–H and O–H groups in total. The van der Waals surface area contributed by atoms with Crippen molar-refractivity contribution in [2.45, 2.75) is 18.3 Å². The molecular weight excluding hydrogens is 623 g/mol. The van der Waals surface area contributed by atoms with Gasteiger partial charge in [0, 0.05) is 15.1 Å². The Labute approximate surface area is 250 Å². The Kier molecular flexibility index (Phi) is 11.3. The van der Waals surface area contributed by atoms with Crippen molar-refractivity contribution in [2.24, 2.45) is 0 Å². The van der Waals surface area contributed by atoms with Gasteiger partial charge in [-0.3, -0.25) is 8.98 Å². The molecule has 41 heavy (non-hydrogen) atoms. The minimum Gasteiger partial charge on any atom is -0.459 e. The van der Waals surface area contributed by atoms with Gasteiger partial charge in [0.1, 0.15) is 6.61 Å². The molecule has 0 heterocycles. The van der Waals surface area contributed by atoms with Crippen molar-refractivity contribution < 1.29 is 46.0 Å². The molecule has 3 atom stereocenters. The van der Waals surface area contributed by atoms with Crippen LogP contribution in [0.3, 0.4) is 0 Å². The smallest absolute Gasteiger partial charge is 0.338 e. The molecule has 0 saturated heterocycles. The van der Waals surface area contributed by atoms with Crippen LogP contribution in [0.1, 0.15) is 31.1 Å². The van der Waals surface area contributed by atoms with Crippen LogP contribution in [-0.2, 0) is 33.3 Å². The van der Waals surface area contributed by atoms with Gasteiger partial charge in [0.2, 0.25) is 0 Å². The Bertz CT molecular complexity index is 1490. The SMILES string of the molecule is CS(=O)(=O)O[C@H](COC(=O)c1ccc(Cl)cc1)[C@H](OC(=O)c1ccc(Cl)cc1)[C@H](C=O)OC(=O)c1ccc(Cl)cc1. The molecule has 3 aromatic carbocycles. The number of esters is 3. The summed E-state index contributed by atoms with van der Waals surface area (Å²) in [5.41, 5.74) is 0.00596. The molecule has 10 nitrogen and oxygen atoms in total. The lowest BCUT2D eigenvalue weighted by molar-refractivity contribution is -0.128. The highest BCUT2D eigenvalue weighted by Crippen LogP contribution is 2.20. The van der Waals surface area contributed by atoms with Gasteiger partial charge in [0.15, 0.2) is 24.6 Å². The maximum absolute atomic E-state index is 13.0. The Morgan fingerprint density at radius 2 is 1.10 bits per heavy atom. The largest absolute Gasteiger partial charge is 0.459 e. The van der Waals surface area contributed by atoms with Crippen LogP contribution >= 0.6 is 34.8 Å². The third-order valence-electron chi connectivity index (χ3n) is 5.23. The summed E-state index contributed by atoms with van der Waals surface area (Å²) in [5.74, 6) is -2.98. The van der Waals surface area contributed by atoms with Crippen LogP contribution in [-0.4, -0.2) is 63.8 Å². The van der Waals surface area contributed by atoms with Crippen molar-refractivity contribution in [3.8, 4) is 0 Å². The van der Waals surface area contributed by atoms with Gasteiger partial charge >= 0.3 is 17.9 Å². The molecule has 0 fully saturated rings. The second-order valence-corrected chi connectivity index (χ2v) is 11.2. The Balaban J connectivity index is 1.94. The van der Waals surface area contributed by atoms with Crippen LogP contribution < -0.4 is 0 Å². The molecule has 0 radical (unpaired) electrons. The predicted molar refractivity (Wildman–Crippen MR) is 149 cm³/mol. The quantitative estimate of drug-likeness (QED) is 0.117. The van der Waals surface area contributed by atoms with Crippen molar-refractivity contribution in [2.75, 3.05) is 12.9 Å². The maximum atomic E-state index is 13.0. The number of benzene rings is 3. The molecule has 0 amide bonds. The summed E-state index contributed by atoms with van der Waals surface area (Å²) in [6.45, 7) is -0.837. The number of rotatable bonds is 12. The number of ether oxygens (including phenoxy) is 3. The van der Waals surface area contributed by atoms with E-state index in [9.17, 15) is 27.6 Å². The monoisotopic (exact) mass is 642 g/mol.